The predicted molar refractivity (Wildman–Crippen MR) is 106 cm³/mol. The molecule has 2 aromatic carbocycles. The van der Waals surface area contributed by atoms with Crippen LogP contribution in [0.4, 0.5) is 11.4 Å². The maximum absolute atomic E-state index is 13.1. The van der Waals surface area contributed by atoms with E-state index in [-0.39, 0.29) is 41.1 Å². The molecule has 3 saturated heterocycles. The van der Waals surface area contributed by atoms with E-state index < -0.39 is 16.8 Å². The highest BCUT2D eigenvalue weighted by molar-refractivity contribution is 6.23. The molecule has 0 saturated carbocycles. The van der Waals surface area contributed by atoms with E-state index in [1.165, 1.54) is 18.2 Å². The van der Waals surface area contributed by atoms with Crippen molar-refractivity contribution >= 4 is 23.2 Å². The van der Waals surface area contributed by atoms with Crippen LogP contribution in [0, 0.1) is 35.8 Å². The number of carbonyl (C=O) groups excluding carboxylic acids is 2. The Morgan fingerprint density at radius 2 is 1.70 bits per heavy atom. The highest BCUT2D eigenvalue weighted by Gasteiger charge is 2.62. The minimum absolute atomic E-state index is 0.160. The number of hydrogen-bond donors (Lipinski definition) is 0. The summed E-state index contributed by atoms with van der Waals surface area (Å²) in [6, 6.07) is 9.72. The van der Waals surface area contributed by atoms with Crippen LogP contribution in [-0.2, 0) is 14.3 Å². The van der Waals surface area contributed by atoms with Gasteiger partial charge in [-0.1, -0.05) is 12.1 Å². The Morgan fingerprint density at radius 3 is 2.33 bits per heavy atom. The molecule has 4 atom stereocenters. The molecule has 154 valence electrons. The molecular formula is C22H20N2O6. The Labute approximate surface area is 172 Å². The lowest BCUT2D eigenvalue weighted by Crippen LogP contribution is -2.34. The fourth-order valence-corrected chi connectivity index (χ4v) is 4.77. The summed E-state index contributed by atoms with van der Waals surface area (Å²) in [5.74, 6) is -0.947. The third-order valence-corrected chi connectivity index (χ3v) is 6.20. The number of imide groups is 1. The van der Waals surface area contributed by atoms with Gasteiger partial charge in [-0.3, -0.25) is 19.7 Å². The second-order valence-corrected chi connectivity index (χ2v) is 8.17. The summed E-state index contributed by atoms with van der Waals surface area (Å²) in [4.78, 5) is 38.1. The zero-order chi connectivity index (χ0) is 21.2. The van der Waals surface area contributed by atoms with Gasteiger partial charge in [0.25, 0.3) is 5.69 Å². The zero-order valence-electron chi connectivity index (χ0n) is 16.5. The van der Waals surface area contributed by atoms with Gasteiger partial charge < -0.3 is 9.47 Å². The molecule has 0 spiro atoms. The first-order valence-corrected chi connectivity index (χ1v) is 9.91. The highest BCUT2D eigenvalue weighted by atomic mass is 16.6. The number of fused-ring (bicyclic) bond motifs is 5. The van der Waals surface area contributed by atoms with Gasteiger partial charge in [0.2, 0.25) is 11.8 Å². The Morgan fingerprint density at radius 1 is 1.03 bits per heavy atom. The molecule has 3 aliphatic heterocycles. The molecule has 0 aliphatic carbocycles. The van der Waals surface area contributed by atoms with Crippen LogP contribution in [0.15, 0.2) is 36.4 Å². The molecule has 3 aliphatic rings. The van der Waals surface area contributed by atoms with Crippen LogP contribution in [0.3, 0.4) is 0 Å². The van der Waals surface area contributed by atoms with Crippen molar-refractivity contribution < 1.29 is 24.0 Å². The molecule has 8 nitrogen and oxygen atoms in total. The van der Waals surface area contributed by atoms with Crippen molar-refractivity contribution in [3.63, 3.8) is 0 Å². The first-order valence-electron chi connectivity index (χ1n) is 9.91. The molecule has 8 heteroatoms. The Kier molecular flexibility index (Phi) is 4.14. The van der Waals surface area contributed by atoms with Crippen LogP contribution in [-0.4, -0.2) is 28.9 Å². The van der Waals surface area contributed by atoms with Gasteiger partial charge in [0.05, 0.1) is 40.7 Å². The van der Waals surface area contributed by atoms with E-state index in [2.05, 4.69) is 0 Å². The van der Waals surface area contributed by atoms with Crippen molar-refractivity contribution in [3.8, 4) is 11.5 Å². The summed E-state index contributed by atoms with van der Waals surface area (Å²) in [6.45, 7) is 3.79. The van der Waals surface area contributed by atoms with Gasteiger partial charge >= 0.3 is 0 Å². The number of nitrogens with zero attached hydrogens (tertiary/aromatic N) is 2. The van der Waals surface area contributed by atoms with Gasteiger partial charge in [-0.15, -0.1) is 0 Å². The third kappa shape index (κ3) is 2.79. The summed E-state index contributed by atoms with van der Waals surface area (Å²) >= 11 is 0. The molecule has 0 aromatic heterocycles. The smallest absolute Gasteiger partial charge is 0.275 e. The molecule has 0 radical (unpaired) electrons. The fourth-order valence-electron chi connectivity index (χ4n) is 4.77. The minimum Gasteiger partial charge on any atom is -0.457 e. The molecular weight excluding hydrogens is 388 g/mol. The zero-order valence-corrected chi connectivity index (χ0v) is 16.5. The van der Waals surface area contributed by atoms with Gasteiger partial charge in [0.15, 0.2) is 0 Å². The van der Waals surface area contributed by atoms with E-state index in [9.17, 15) is 19.7 Å². The van der Waals surface area contributed by atoms with Gasteiger partial charge in [-0.05, 0) is 43.9 Å². The second kappa shape index (κ2) is 6.63. The summed E-state index contributed by atoms with van der Waals surface area (Å²) < 4.78 is 11.7. The maximum Gasteiger partial charge on any atom is 0.275 e. The number of hydrogen-bond acceptors (Lipinski definition) is 6. The van der Waals surface area contributed by atoms with Crippen LogP contribution in [0.25, 0.3) is 0 Å². The number of aryl methyl sites for hydroxylation is 2. The van der Waals surface area contributed by atoms with Crippen LogP contribution >= 0.6 is 0 Å². The van der Waals surface area contributed by atoms with Gasteiger partial charge in [-0.2, -0.15) is 0 Å². The van der Waals surface area contributed by atoms with E-state index >= 15 is 0 Å². The van der Waals surface area contributed by atoms with Gasteiger partial charge in [0.1, 0.15) is 11.5 Å². The number of rotatable bonds is 4. The van der Waals surface area contributed by atoms with Crippen molar-refractivity contribution in [2.45, 2.75) is 38.9 Å². The number of ether oxygens (including phenoxy) is 2. The molecule has 2 amide bonds. The average Bonchev–Trinajstić information content (AvgIpc) is 3.38. The van der Waals surface area contributed by atoms with Gasteiger partial charge in [-0.25, -0.2) is 4.90 Å². The summed E-state index contributed by atoms with van der Waals surface area (Å²) in [6.07, 6.45) is 1.03. The Hall–Kier alpha value is -3.26. The molecule has 4 unspecified atom stereocenters. The number of anilines is 1. The van der Waals surface area contributed by atoms with Crippen LogP contribution < -0.4 is 9.64 Å². The molecule has 2 bridgehead atoms. The molecule has 2 aromatic rings. The standard InChI is InChI=1S/C22H20N2O6/c1-11-3-4-12(2)18(7-11)29-15-9-13(8-14(10-15)24(27)28)23-21(25)19-16-5-6-17(30-16)20(19)22(23)26/h3-4,7-10,16-17,19-20H,5-6H2,1-2H3. The third-order valence-electron chi connectivity index (χ3n) is 6.20. The van der Waals surface area contributed by atoms with Crippen molar-refractivity contribution in [3.05, 3.63) is 57.6 Å². The molecule has 3 heterocycles. The first kappa shape index (κ1) is 18.7. The SMILES string of the molecule is Cc1ccc(C)c(Oc2cc(N3C(=O)C4C5CCC(O5)C4C3=O)cc([N+](=O)[O-])c2)c1. The van der Waals surface area contributed by atoms with E-state index in [1.54, 1.807) is 0 Å². The summed E-state index contributed by atoms with van der Waals surface area (Å²) in [5.41, 5.74) is 1.76. The van der Waals surface area contributed by atoms with Crippen LogP contribution in [0.1, 0.15) is 24.0 Å². The fraction of sp³-hybridized carbons (Fsp3) is 0.364. The first-order chi connectivity index (χ1) is 14.3. The number of carbonyl (C=O) groups is 2. The summed E-state index contributed by atoms with van der Waals surface area (Å²) in [5, 5.41) is 11.5. The number of non-ortho nitro benzene ring substituents is 1. The van der Waals surface area contributed by atoms with Crippen LogP contribution in [0.2, 0.25) is 0 Å². The molecule has 0 N–H and O–H groups in total. The lowest BCUT2D eigenvalue weighted by atomic mass is 9.81. The molecule has 3 fully saturated rings. The van der Waals surface area contributed by atoms with Crippen molar-refractivity contribution in [2.75, 3.05) is 4.90 Å². The minimum atomic E-state index is -0.557. The van der Waals surface area contributed by atoms with Crippen molar-refractivity contribution in [1.82, 2.24) is 0 Å². The second-order valence-electron chi connectivity index (χ2n) is 8.17. The summed E-state index contributed by atoms with van der Waals surface area (Å²) in [7, 11) is 0. The van der Waals surface area contributed by atoms with E-state index in [0.29, 0.717) is 5.75 Å². The van der Waals surface area contributed by atoms with Gasteiger partial charge in [0, 0.05) is 12.1 Å². The predicted octanol–water partition coefficient (Wildman–Crippen LogP) is 3.67. The Balaban J connectivity index is 1.54. The number of nitro benzene ring substituents is 1. The van der Waals surface area contributed by atoms with E-state index in [0.717, 1.165) is 28.9 Å². The number of benzene rings is 2. The lowest BCUT2D eigenvalue weighted by Gasteiger charge is -2.18. The lowest BCUT2D eigenvalue weighted by molar-refractivity contribution is -0.384. The quantitative estimate of drug-likeness (QED) is 0.435. The average molecular weight is 408 g/mol. The van der Waals surface area contributed by atoms with E-state index in [1.807, 2.05) is 32.0 Å². The van der Waals surface area contributed by atoms with Crippen LogP contribution in [0.5, 0.6) is 11.5 Å². The maximum atomic E-state index is 13.1. The topological polar surface area (TPSA) is 99.0 Å². The largest absolute Gasteiger partial charge is 0.457 e. The molecule has 5 rings (SSSR count). The van der Waals surface area contributed by atoms with E-state index in [4.69, 9.17) is 9.47 Å². The normalized spacial score (nSPS) is 26.9. The highest BCUT2D eigenvalue weighted by Crippen LogP contribution is 2.50. The molecule has 30 heavy (non-hydrogen) atoms. The van der Waals surface area contributed by atoms with Crippen molar-refractivity contribution in [2.24, 2.45) is 11.8 Å². The monoisotopic (exact) mass is 408 g/mol. The Bertz CT molecular complexity index is 1070. The number of nitro groups is 1. The number of amides is 2. The van der Waals surface area contributed by atoms with Crippen molar-refractivity contribution in [1.29, 1.82) is 0 Å².